The fourth-order valence-corrected chi connectivity index (χ4v) is 1.81. The molecule has 0 bridgehead atoms. The van der Waals surface area contributed by atoms with Crippen molar-refractivity contribution >= 4 is 11.3 Å². The molecule has 1 aliphatic rings. The van der Waals surface area contributed by atoms with Crippen molar-refractivity contribution in [1.82, 2.24) is 0 Å². The molecule has 0 spiro atoms. The van der Waals surface area contributed by atoms with Crippen molar-refractivity contribution in [2.24, 2.45) is 0 Å². The summed E-state index contributed by atoms with van der Waals surface area (Å²) in [5.74, 6) is 1.17. The Kier molecular flexibility index (Phi) is 1.02. The predicted octanol–water partition coefficient (Wildman–Crippen LogP) is 2.81. The maximum atomic E-state index is 5.15. The molecule has 1 nitrogen and oxygen atoms in total. The first kappa shape index (κ1) is 5.30. The van der Waals surface area contributed by atoms with Crippen molar-refractivity contribution < 1.29 is 4.74 Å². The molecule has 2 rings (SSSR count). The van der Waals surface area contributed by atoms with E-state index in [1.54, 1.807) is 11.3 Å². The van der Waals surface area contributed by atoms with Gasteiger partial charge in [0.05, 0.1) is 0 Å². The molecule has 9 heavy (non-hydrogen) atoms. The third-order valence-corrected chi connectivity index (χ3v) is 2.34. The quantitative estimate of drug-likeness (QED) is 0.584. The van der Waals surface area contributed by atoms with Crippen LogP contribution in [0.15, 0.2) is 5.38 Å². The van der Waals surface area contributed by atoms with E-state index in [0.29, 0.717) is 0 Å². The van der Waals surface area contributed by atoms with Gasteiger partial charge in [-0.3, -0.25) is 0 Å². The van der Waals surface area contributed by atoms with E-state index in [2.05, 4.69) is 12.3 Å². The molecule has 2 heterocycles. The number of fused-ring (bicyclic) bond motifs is 1. The summed E-state index contributed by atoms with van der Waals surface area (Å²) in [5.41, 5.74) is 1.40. The second-order valence-electron chi connectivity index (χ2n) is 2.23. The van der Waals surface area contributed by atoms with Crippen LogP contribution < -0.4 is 4.74 Å². The van der Waals surface area contributed by atoms with E-state index >= 15 is 0 Å². The highest BCUT2D eigenvalue weighted by atomic mass is 32.1. The molecule has 0 aromatic carbocycles. The van der Waals surface area contributed by atoms with Gasteiger partial charge in [0.25, 0.3) is 0 Å². The number of aryl methyl sites for hydroxylation is 1. The highest BCUT2D eigenvalue weighted by Crippen LogP contribution is 2.54. The summed E-state index contributed by atoms with van der Waals surface area (Å²) < 4.78 is 5.15. The third-order valence-electron chi connectivity index (χ3n) is 1.46. The zero-order valence-electron chi connectivity index (χ0n) is 5.31. The van der Waals surface area contributed by atoms with Gasteiger partial charge in [-0.1, -0.05) is 13.3 Å². The monoisotopic (exact) mass is 140 g/mol. The van der Waals surface area contributed by atoms with Gasteiger partial charge in [0.1, 0.15) is 0 Å². The van der Waals surface area contributed by atoms with Crippen LogP contribution >= 0.6 is 11.3 Å². The summed E-state index contributed by atoms with van der Waals surface area (Å²) in [5, 5.41) is 3.33. The molecule has 1 aromatic rings. The molecule has 0 saturated carbocycles. The molecular weight excluding hydrogens is 132 g/mol. The van der Waals surface area contributed by atoms with Crippen molar-refractivity contribution in [3.63, 3.8) is 0 Å². The van der Waals surface area contributed by atoms with E-state index in [9.17, 15) is 0 Å². The Hall–Kier alpha value is -0.500. The maximum absolute atomic E-state index is 5.15. The number of rotatable bonds is 2. The van der Waals surface area contributed by atoms with Crippen LogP contribution in [0.4, 0.5) is 0 Å². The van der Waals surface area contributed by atoms with Crippen LogP contribution in [0.5, 0.6) is 10.8 Å². The van der Waals surface area contributed by atoms with E-state index in [-0.39, 0.29) is 0 Å². The molecule has 2 heteroatoms. The smallest absolute Gasteiger partial charge is 0.224 e. The topological polar surface area (TPSA) is 12.5 Å². The molecule has 0 N–H and O–H groups in total. The van der Waals surface area contributed by atoms with Crippen LogP contribution in [0.3, 0.4) is 0 Å². The fourth-order valence-electron chi connectivity index (χ4n) is 0.961. The summed E-state index contributed by atoms with van der Waals surface area (Å²) in [6.45, 7) is 2.19. The van der Waals surface area contributed by atoms with E-state index in [0.717, 1.165) is 5.06 Å². The summed E-state index contributed by atoms with van der Waals surface area (Å²) >= 11 is 1.71. The Morgan fingerprint density at radius 1 is 1.67 bits per heavy atom. The van der Waals surface area contributed by atoms with Crippen LogP contribution in [0, 0.1) is 0 Å². The van der Waals surface area contributed by atoms with Crippen LogP contribution in [0.2, 0.25) is 0 Å². The van der Waals surface area contributed by atoms with Crippen LogP contribution in [-0.2, 0) is 6.42 Å². The summed E-state index contributed by atoms with van der Waals surface area (Å²) in [7, 11) is 0. The number of ether oxygens (including phenoxy) is 1. The van der Waals surface area contributed by atoms with Crippen molar-refractivity contribution in [2.45, 2.75) is 19.8 Å². The van der Waals surface area contributed by atoms with Gasteiger partial charge in [-0.05, 0) is 6.42 Å². The van der Waals surface area contributed by atoms with Gasteiger partial charge >= 0.3 is 0 Å². The molecule has 48 valence electrons. The fraction of sp³-hybridized carbons (Fsp3) is 0.429. The second-order valence-corrected chi connectivity index (χ2v) is 3.07. The molecule has 0 saturated heterocycles. The van der Waals surface area contributed by atoms with E-state index < -0.39 is 0 Å². The molecule has 0 fully saturated rings. The Balaban J connectivity index is 2.22. The van der Waals surface area contributed by atoms with Crippen molar-refractivity contribution in [3.05, 3.63) is 10.9 Å². The Morgan fingerprint density at radius 3 is 3.00 bits per heavy atom. The van der Waals surface area contributed by atoms with Crippen molar-refractivity contribution in [1.29, 1.82) is 0 Å². The third kappa shape index (κ3) is 0.741. The lowest BCUT2D eigenvalue weighted by molar-refractivity contribution is 0.647. The normalized spacial score (nSPS) is 12.6. The molecular formula is C7H8OS. The lowest BCUT2D eigenvalue weighted by Gasteiger charge is -1.88. The lowest BCUT2D eigenvalue weighted by Crippen LogP contribution is -1.75. The Bertz CT molecular complexity index is 227. The first-order chi connectivity index (χ1) is 4.42. The summed E-state index contributed by atoms with van der Waals surface area (Å²) in [6, 6.07) is 0. The van der Waals surface area contributed by atoms with E-state index in [1.807, 2.05) is 0 Å². The van der Waals surface area contributed by atoms with Gasteiger partial charge in [0.2, 0.25) is 5.06 Å². The average Bonchev–Trinajstić information content (AvgIpc) is 2.54. The van der Waals surface area contributed by atoms with Crippen LogP contribution in [0.25, 0.3) is 0 Å². The second kappa shape index (κ2) is 1.74. The molecule has 0 unspecified atom stereocenters. The molecule has 0 radical (unpaired) electrons. The van der Waals surface area contributed by atoms with Gasteiger partial charge in [-0.15, -0.1) is 11.3 Å². The molecule has 0 amide bonds. The van der Waals surface area contributed by atoms with Crippen LogP contribution in [0.1, 0.15) is 18.9 Å². The largest absolute Gasteiger partial charge is 0.437 e. The van der Waals surface area contributed by atoms with Gasteiger partial charge in [-0.25, -0.2) is 0 Å². The minimum atomic E-state index is 1.14. The summed E-state index contributed by atoms with van der Waals surface area (Å²) in [4.78, 5) is 0. The first-order valence-corrected chi connectivity index (χ1v) is 4.08. The Morgan fingerprint density at radius 2 is 2.56 bits per heavy atom. The minimum absolute atomic E-state index is 1.14. The number of hydrogen-bond acceptors (Lipinski definition) is 2. The van der Waals surface area contributed by atoms with Gasteiger partial charge in [0.15, 0.2) is 5.75 Å². The minimum Gasteiger partial charge on any atom is -0.437 e. The zero-order chi connectivity index (χ0) is 6.27. The number of hydrogen-bond donors (Lipinski definition) is 0. The molecule has 1 aliphatic heterocycles. The van der Waals surface area contributed by atoms with E-state index in [4.69, 9.17) is 4.74 Å². The summed E-state index contributed by atoms with van der Waals surface area (Å²) in [6.07, 6.45) is 2.39. The molecule has 1 aromatic heterocycles. The standard InChI is InChI=1S/C7H8OS/c1-2-3-5-4-9-7-6(5)8-7/h4H,2-3H2,1H3. The predicted molar refractivity (Wildman–Crippen MR) is 38.4 cm³/mol. The van der Waals surface area contributed by atoms with Gasteiger partial charge < -0.3 is 4.74 Å². The van der Waals surface area contributed by atoms with Gasteiger partial charge in [-0.2, -0.15) is 0 Å². The average molecular weight is 140 g/mol. The molecule has 0 atom stereocenters. The first-order valence-electron chi connectivity index (χ1n) is 3.20. The molecule has 0 aliphatic carbocycles. The Labute approximate surface area is 58.3 Å². The highest BCUT2D eigenvalue weighted by molar-refractivity contribution is 7.13. The lowest BCUT2D eigenvalue weighted by atomic mass is 10.2. The van der Waals surface area contributed by atoms with Crippen molar-refractivity contribution in [3.8, 4) is 10.8 Å². The number of thiophene rings is 1. The van der Waals surface area contributed by atoms with Crippen LogP contribution in [-0.4, -0.2) is 0 Å². The maximum Gasteiger partial charge on any atom is 0.224 e. The van der Waals surface area contributed by atoms with Crippen molar-refractivity contribution in [2.75, 3.05) is 0 Å². The SMILES string of the molecule is CCCc1csc2c1O2. The zero-order valence-corrected chi connectivity index (χ0v) is 6.12. The van der Waals surface area contributed by atoms with E-state index in [1.165, 1.54) is 24.2 Å². The van der Waals surface area contributed by atoms with Gasteiger partial charge in [0, 0.05) is 10.9 Å². The highest BCUT2D eigenvalue weighted by Gasteiger charge is 2.26.